The minimum Gasteiger partial charge on any atom is -0.438 e. The lowest BCUT2D eigenvalue weighted by Gasteiger charge is -2.16. The first kappa shape index (κ1) is 25.4. The molecule has 1 fully saturated rings. The zero-order valence-corrected chi connectivity index (χ0v) is 23.1. The van der Waals surface area contributed by atoms with Crippen molar-refractivity contribution in [3.05, 3.63) is 69.2 Å². The molecule has 2 amide bonds. The van der Waals surface area contributed by atoms with Crippen LogP contribution in [0.5, 0.6) is 11.6 Å². The Morgan fingerprint density at radius 3 is 2.28 bits per heavy atom. The maximum atomic E-state index is 13.0. The van der Waals surface area contributed by atoms with E-state index >= 15 is 0 Å². The van der Waals surface area contributed by atoms with E-state index in [-0.39, 0.29) is 11.8 Å². The lowest BCUT2D eigenvalue weighted by Crippen LogP contribution is -2.35. The molecule has 0 radical (unpaired) electrons. The van der Waals surface area contributed by atoms with Gasteiger partial charge < -0.3 is 20.7 Å². The van der Waals surface area contributed by atoms with Crippen LogP contribution < -0.4 is 20.7 Å². The highest BCUT2D eigenvalue weighted by Gasteiger charge is 2.56. The molecule has 3 heterocycles. The van der Waals surface area contributed by atoms with Gasteiger partial charge in [-0.2, -0.15) is 0 Å². The van der Waals surface area contributed by atoms with Gasteiger partial charge in [0.2, 0.25) is 22.8 Å². The van der Waals surface area contributed by atoms with Crippen LogP contribution in [0.25, 0.3) is 10.2 Å². The molecule has 5 aromatic rings. The summed E-state index contributed by atoms with van der Waals surface area (Å²) >= 11 is 13.8. The second-order valence-corrected chi connectivity index (χ2v) is 11.6. The average molecular weight is 596 g/mol. The SMILES string of the molecule is O=C(Nc1ccc(Cl)cc1)C1(C(=O)Nc2ccc(Oc3ncnc4scc(Nc5n[nH]c(=S)s5)c34)cc2)CC1. The maximum absolute atomic E-state index is 13.0. The fraction of sp³-hybridized carbons (Fsp3) is 0.120. The predicted molar refractivity (Wildman–Crippen MR) is 155 cm³/mol. The molecule has 0 bridgehead atoms. The zero-order valence-electron chi connectivity index (χ0n) is 19.9. The molecule has 1 saturated carbocycles. The summed E-state index contributed by atoms with van der Waals surface area (Å²) in [6, 6.07) is 13.6. The number of ether oxygens (including phenoxy) is 1. The second-order valence-electron chi connectivity index (χ2n) is 8.68. The number of anilines is 4. The minimum absolute atomic E-state index is 0.338. The summed E-state index contributed by atoms with van der Waals surface area (Å²) in [5.41, 5.74) is 0.787. The van der Waals surface area contributed by atoms with E-state index in [4.69, 9.17) is 28.6 Å². The van der Waals surface area contributed by atoms with E-state index in [0.717, 1.165) is 10.5 Å². The Labute approximate surface area is 239 Å². The summed E-state index contributed by atoms with van der Waals surface area (Å²) in [6.07, 6.45) is 2.40. The first-order valence-corrected chi connectivity index (χ1v) is 14.1. The summed E-state index contributed by atoms with van der Waals surface area (Å²) in [5, 5.41) is 19.6. The number of aromatic nitrogens is 4. The van der Waals surface area contributed by atoms with Crippen molar-refractivity contribution in [3.63, 3.8) is 0 Å². The van der Waals surface area contributed by atoms with Crippen molar-refractivity contribution in [3.8, 4) is 11.6 Å². The molecule has 10 nitrogen and oxygen atoms in total. The van der Waals surface area contributed by atoms with E-state index in [1.807, 2.05) is 5.38 Å². The van der Waals surface area contributed by atoms with Crippen molar-refractivity contribution in [2.24, 2.45) is 5.41 Å². The summed E-state index contributed by atoms with van der Waals surface area (Å²) in [6.45, 7) is 0. The van der Waals surface area contributed by atoms with Crippen molar-refractivity contribution in [2.75, 3.05) is 16.0 Å². The molecule has 0 spiro atoms. The molecule has 3 aromatic heterocycles. The molecule has 14 heteroatoms. The lowest BCUT2D eigenvalue weighted by molar-refractivity contribution is -0.131. The molecule has 2 aromatic carbocycles. The Bertz CT molecular complexity index is 1750. The number of rotatable bonds is 8. The van der Waals surface area contributed by atoms with Gasteiger partial charge in [-0.1, -0.05) is 22.9 Å². The number of thiophene rings is 1. The molecule has 196 valence electrons. The van der Waals surface area contributed by atoms with Crippen molar-refractivity contribution in [1.82, 2.24) is 20.2 Å². The van der Waals surface area contributed by atoms with Gasteiger partial charge in [-0.3, -0.25) is 14.7 Å². The van der Waals surface area contributed by atoms with Crippen molar-refractivity contribution in [2.45, 2.75) is 12.8 Å². The number of nitrogens with one attached hydrogen (secondary N) is 4. The first-order chi connectivity index (χ1) is 18.9. The number of aromatic amines is 1. The van der Waals surface area contributed by atoms with E-state index in [0.29, 0.717) is 55.3 Å². The first-order valence-electron chi connectivity index (χ1n) is 11.6. The van der Waals surface area contributed by atoms with Crippen LogP contribution >= 0.6 is 46.5 Å². The molecule has 1 aliphatic carbocycles. The summed E-state index contributed by atoms with van der Waals surface area (Å²) < 4.78 is 6.63. The van der Waals surface area contributed by atoms with Gasteiger partial charge in [-0.15, -0.1) is 16.4 Å². The van der Waals surface area contributed by atoms with E-state index in [1.165, 1.54) is 29.0 Å². The van der Waals surface area contributed by atoms with Gasteiger partial charge in [-0.05, 0) is 73.6 Å². The van der Waals surface area contributed by atoms with Crippen LogP contribution in [-0.4, -0.2) is 32.0 Å². The number of halogens is 1. The number of H-pyrrole nitrogens is 1. The van der Waals surface area contributed by atoms with Gasteiger partial charge in [0.05, 0.1) is 11.1 Å². The Balaban J connectivity index is 1.14. The molecule has 6 rings (SSSR count). The van der Waals surface area contributed by atoms with Crippen LogP contribution in [0, 0.1) is 9.37 Å². The van der Waals surface area contributed by atoms with Crippen LogP contribution in [-0.2, 0) is 9.59 Å². The van der Waals surface area contributed by atoms with Crippen molar-refractivity contribution in [1.29, 1.82) is 0 Å². The highest BCUT2D eigenvalue weighted by atomic mass is 35.5. The Kier molecular flexibility index (Phi) is 6.73. The number of benzene rings is 2. The van der Waals surface area contributed by atoms with Crippen LogP contribution in [0.2, 0.25) is 5.02 Å². The molecular formula is C25H18ClN7O3S3. The molecular weight excluding hydrogens is 578 g/mol. The highest BCUT2D eigenvalue weighted by Crippen LogP contribution is 2.47. The lowest BCUT2D eigenvalue weighted by atomic mass is 10.0. The highest BCUT2D eigenvalue weighted by molar-refractivity contribution is 7.73. The second kappa shape index (κ2) is 10.3. The molecule has 0 unspecified atom stereocenters. The monoisotopic (exact) mass is 595 g/mol. The van der Waals surface area contributed by atoms with Gasteiger partial charge in [0.25, 0.3) is 0 Å². The summed E-state index contributed by atoms with van der Waals surface area (Å²) in [7, 11) is 0. The summed E-state index contributed by atoms with van der Waals surface area (Å²) in [5.74, 6) is 0.197. The number of carbonyl (C=O) groups is 2. The molecule has 0 atom stereocenters. The minimum atomic E-state index is -1.09. The van der Waals surface area contributed by atoms with Crippen molar-refractivity contribution >= 4 is 90.7 Å². The topological polar surface area (TPSA) is 134 Å². The van der Waals surface area contributed by atoms with E-state index < -0.39 is 5.41 Å². The number of fused-ring (bicyclic) bond motifs is 1. The number of hydrogen-bond acceptors (Lipinski definition) is 10. The normalized spacial score (nSPS) is 13.6. The molecule has 0 saturated heterocycles. The van der Waals surface area contributed by atoms with Crippen LogP contribution in [0.3, 0.4) is 0 Å². The van der Waals surface area contributed by atoms with Gasteiger partial charge in [-0.25, -0.2) is 9.97 Å². The zero-order chi connectivity index (χ0) is 27.0. The Morgan fingerprint density at radius 1 is 1.00 bits per heavy atom. The predicted octanol–water partition coefficient (Wildman–Crippen LogP) is 6.75. The number of amides is 2. The number of carbonyl (C=O) groups excluding carboxylic acids is 2. The molecule has 39 heavy (non-hydrogen) atoms. The third kappa shape index (κ3) is 5.34. The molecule has 4 N–H and O–H groups in total. The van der Waals surface area contributed by atoms with Gasteiger partial charge >= 0.3 is 0 Å². The van der Waals surface area contributed by atoms with Crippen LogP contribution in [0.15, 0.2) is 60.2 Å². The Hall–Kier alpha value is -3.91. The van der Waals surface area contributed by atoms with Crippen LogP contribution in [0.1, 0.15) is 12.8 Å². The maximum Gasteiger partial charge on any atom is 0.240 e. The Morgan fingerprint density at radius 2 is 1.67 bits per heavy atom. The number of hydrogen-bond donors (Lipinski definition) is 4. The standard InChI is InChI=1S/C25H18ClN7O3S3/c26-13-1-3-14(4-2-13)29-21(34)25(9-10-25)22(35)30-15-5-7-16(8-6-15)36-19-18-17(11-38-20(18)28-12-27-19)31-23-32-33-24(37)39-23/h1-8,11-12H,9-10H2,(H,29,34)(H,30,35)(H,31,32)(H,33,37). The fourth-order valence-corrected chi connectivity index (χ4v) is 5.61. The van der Waals surface area contributed by atoms with E-state index in [1.54, 1.807) is 48.5 Å². The largest absolute Gasteiger partial charge is 0.438 e. The third-order valence-electron chi connectivity index (χ3n) is 6.06. The third-order valence-corrected chi connectivity index (χ3v) is 8.21. The van der Waals surface area contributed by atoms with Gasteiger partial charge in [0, 0.05) is 21.8 Å². The molecule has 0 aliphatic heterocycles. The van der Waals surface area contributed by atoms with Gasteiger partial charge in [0.1, 0.15) is 22.3 Å². The summed E-state index contributed by atoms with van der Waals surface area (Å²) in [4.78, 5) is 35.2. The fourth-order valence-electron chi connectivity index (χ4n) is 3.85. The van der Waals surface area contributed by atoms with E-state index in [9.17, 15) is 9.59 Å². The number of nitrogens with zero attached hydrogens (tertiary/aromatic N) is 3. The van der Waals surface area contributed by atoms with Crippen LogP contribution in [0.4, 0.5) is 22.2 Å². The molecule has 1 aliphatic rings. The van der Waals surface area contributed by atoms with E-state index in [2.05, 4.69) is 36.1 Å². The van der Waals surface area contributed by atoms with Crippen molar-refractivity contribution < 1.29 is 14.3 Å². The average Bonchev–Trinajstić information content (AvgIpc) is 3.51. The quantitative estimate of drug-likeness (QED) is 0.114. The van der Waals surface area contributed by atoms with Gasteiger partial charge in [0.15, 0.2) is 3.95 Å². The smallest absolute Gasteiger partial charge is 0.240 e.